The van der Waals surface area contributed by atoms with Crippen LogP contribution in [0.4, 0.5) is 4.79 Å². The summed E-state index contributed by atoms with van der Waals surface area (Å²) < 4.78 is 5.58. The van der Waals surface area contributed by atoms with Crippen LogP contribution in [0.1, 0.15) is 22.6 Å². The summed E-state index contributed by atoms with van der Waals surface area (Å²) in [5.41, 5.74) is 7.33. The van der Waals surface area contributed by atoms with Gasteiger partial charge in [0.1, 0.15) is 12.6 Å². The number of carboxylic acids is 1. The van der Waals surface area contributed by atoms with Gasteiger partial charge in [-0.1, -0.05) is 109 Å². The number of hydrogen-bond acceptors (Lipinski definition) is 3. The predicted molar refractivity (Wildman–Crippen MR) is 153 cm³/mol. The Morgan fingerprint density at radius 3 is 2.08 bits per heavy atom. The fourth-order valence-electron chi connectivity index (χ4n) is 5.46. The van der Waals surface area contributed by atoms with Crippen molar-refractivity contribution in [2.45, 2.75) is 18.4 Å². The van der Waals surface area contributed by atoms with Gasteiger partial charge >= 0.3 is 12.1 Å². The zero-order valence-electron chi connectivity index (χ0n) is 21.2. The number of rotatable bonds is 7. The van der Waals surface area contributed by atoms with Crippen LogP contribution in [0, 0.1) is 0 Å². The molecule has 0 spiro atoms. The Bertz CT molecular complexity index is 1650. The lowest BCUT2D eigenvalue weighted by atomic mass is 9.97. The SMILES string of the molecule is O=C(NC(Cc1cccc(-c2ccc3ccccc3c2)c1)C(=O)O)OCC1c2ccccc2-c2ccccc21. The minimum Gasteiger partial charge on any atom is -0.480 e. The molecular formula is C34H27NO4. The van der Waals surface area contributed by atoms with E-state index >= 15 is 0 Å². The number of hydrogen-bond donors (Lipinski definition) is 2. The van der Waals surface area contributed by atoms with Gasteiger partial charge in [0.2, 0.25) is 0 Å². The van der Waals surface area contributed by atoms with E-state index in [9.17, 15) is 14.7 Å². The van der Waals surface area contributed by atoms with Crippen LogP contribution in [0.3, 0.4) is 0 Å². The molecule has 1 atom stereocenters. The van der Waals surface area contributed by atoms with Crippen molar-refractivity contribution in [3.05, 3.63) is 132 Å². The zero-order valence-corrected chi connectivity index (χ0v) is 21.2. The molecule has 1 aliphatic rings. The van der Waals surface area contributed by atoms with Crippen molar-refractivity contribution in [2.24, 2.45) is 0 Å². The summed E-state index contributed by atoms with van der Waals surface area (Å²) in [4.78, 5) is 24.8. The lowest BCUT2D eigenvalue weighted by Gasteiger charge is -2.18. The van der Waals surface area contributed by atoms with Crippen LogP contribution in [0.15, 0.2) is 115 Å². The van der Waals surface area contributed by atoms with E-state index in [2.05, 4.69) is 47.8 Å². The summed E-state index contributed by atoms with van der Waals surface area (Å²) in [7, 11) is 0. The maximum atomic E-state index is 12.7. The van der Waals surface area contributed by atoms with Crippen LogP contribution in [-0.2, 0) is 16.0 Å². The Morgan fingerprint density at radius 1 is 0.718 bits per heavy atom. The predicted octanol–water partition coefficient (Wildman–Crippen LogP) is 7.04. The van der Waals surface area contributed by atoms with Crippen molar-refractivity contribution in [1.82, 2.24) is 5.32 Å². The van der Waals surface area contributed by atoms with Gasteiger partial charge in [-0.3, -0.25) is 0 Å². The fraction of sp³-hybridized carbons (Fsp3) is 0.118. The molecule has 0 aromatic heterocycles. The molecule has 1 amide bonds. The molecule has 5 aromatic rings. The van der Waals surface area contributed by atoms with Crippen molar-refractivity contribution < 1.29 is 19.4 Å². The third-order valence-corrected chi connectivity index (χ3v) is 7.38. The first-order valence-electron chi connectivity index (χ1n) is 13.0. The topological polar surface area (TPSA) is 75.6 Å². The van der Waals surface area contributed by atoms with E-state index in [0.717, 1.165) is 49.7 Å². The number of fused-ring (bicyclic) bond motifs is 4. The molecule has 39 heavy (non-hydrogen) atoms. The highest BCUT2D eigenvalue weighted by atomic mass is 16.5. The lowest BCUT2D eigenvalue weighted by Crippen LogP contribution is -2.42. The standard InChI is InChI=1S/C34H27NO4/c36-33(37)32(19-22-8-7-11-24(18-22)26-17-16-23-9-1-2-10-25(23)20-26)35-34(38)39-21-31-29-14-5-3-12-27(29)28-13-4-6-15-30(28)31/h1-18,20,31-32H,19,21H2,(H,35,38)(H,36,37). The minimum absolute atomic E-state index is 0.0925. The van der Waals surface area contributed by atoms with E-state index in [0.29, 0.717) is 0 Å². The Hall–Kier alpha value is -4.90. The zero-order chi connectivity index (χ0) is 26.8. The van der Waals surface area contributed by atoms with Crippen LogP contribution in [0.5, 0.6) is 0 Å². The van der Waals surface area contributed by atoms with Crippen LogP contribution < -0.4 is 5.32 Å². The summed E-state index contributed by atoms with van der Waals surface area (Å²) in [6.07, 6.45) is -0.601. The van der Waals surface area contributed by atoms with Gasteiger partial charge in [0.05, 0.1) is 0 Å². The van der Waals surface area contributed by atoms with Gasteiger partial charge in [0.15, 0.2) is 0 Å². The van der Waals surface area contributed by atoms with E-state index in [1.165, 1.54) is 0 Å². The Labute approximate surface area is 226 Å². The smallest absolute Gasteiger partial charge is 0.407 e. The lowest BCUT2D eigenvalue weighted by molar-refractivity contribution is -0.139. The van der Waals surface area contributed by atoms with E-state index in [1.807, 2.05) is 72.8 Å². The number of ether oxygens (including phenoxy) is 1. The Kier molecular flexibility index (Phi) is 6.55. The summed E-state index contributed by atoms with van der Waals surface area (Å²) in [5.74, 6) is -1.20. The summed E-state index contributed by atoms with van der Waals surface area (Å²) in [6, 6.07) is 37.2. The van der Waals surface area contributed by atoms with Crippen molar-refractivity contribution >= 4 is 22.8 Å². The van der Waals surface area contributed by atoms with E-state index in [4.69, 9.17) is 4.74 Å². The van der Waals surface area contributed by atoms with E-state index < -0.39 is 18.1 Å². The number of nitrogens with one attached hydrogen (secondary N) is 1. The minimum atomic E-state index is -1.12. The van der Waals surface area contributed by atoms with Crippen LogP contribution >= 0.6 is 0 Å². The molecule has 0 saturated carbocycles. The number of carboxylic acid groups (broad SMARTS) is 1. The Balaban J connectivity index is 1.14. The van der Waals surface area contributed by atoms with Gasteiger partial charge in [0, 0.05) is 12.3 Å². The number of aliphatic carboxylic acids is 1. The molecule has 0 bridgehead atoms. The van der Waals surface area contributed by atoms with E-state index in [1.54, 1.807) is 0 Å². The number of carbonyl (C=O) groups is 2. The number of benzene rings is 5. The quantitative estimate of drug-likeness (QED) is 0.245. The molecule has 5 heteroatoms. The number of amides is 1. The van der Waals surface area contributed by atoms with Crippen LogP contribution in [0.2, 0.25) is 0 Å². The van der Waals surface area contributed by atoms with Gasteiger partial charge < -0.3 is 15.2 Å². The Morgan fingerprint density at radius 2 is 1.36 bits per heavy atom. The number of carbonyl (C=O) groups excluding carboxylic acids is 1. The highest BCUT2D eigenvalue weighted by molar-refractivity contribution is 5.87. The van der Waals surface area contributed by atoms with Crippen LogP contribution in [-0.4, -0.2) is 29.8 Å². The molecule has 1 unspecified atom stereocenters. The van der Waals surface area contributed by atoms with Crippen molar-refractivity contribution in [3.8, 4) is 22.3 Å². The molecule has 0 saturated heterocycles. The summed E-state index contributed by atoms with van der Waals surface area (Å²) in [5, 5.41) is 14.7. The largest absolute Gasteiger partial charge is 0.480 e. The summed E-state index contributed by atoms with van der Waals surface area (Å²) >= 11 is 0. The van der Waals surface area contributed by atoms with Gasteiger partial charge in [-0.25, -0.2) is 9.59 Å². The monoisotopic (exact) mass is 513 g/mol. The molecule has 0 aliphatic heterocycles. The molecule has 0 heterocycles. The molecule has 0 radical (unpaired) electrons. The third kappa shape index (κ3) is 4.99. The second-order valence-electron chi connectivity index (χ2n) is 9.83. The molecule has 6 rings (SSSR count). The first kappa shape index (κ1) is 24.4. The average Bonchev–Trinajstić information content (AvgIpc) is 3.29. The third-order valence-electron chi connectivity index (χ3n) is 7.38. The second-order valence-corrected chi connectivity index (χ2v) is 9.83. The fourth-order valence-corrected chi connectivity index (χ4v) is 5.46. The van der Waals surface area contributed by atoms with E-state index in [-0.39, 0.29) is 18.9 Å². The molecule has 0 fully saturated rings. The molecule has 192 valence electrons. The van der Waals surface area contributed by atoms with Gasteiger partial charge in [-0.15, -0.1) is 0 Å². The van der Waals surface area contributed by atoms with Crippen molar-refractivity contribution in [2.75, 3.05) is 6.61 Å². The second kappa shape index (κ2) is 10.5. The summed E-state index contributed by atoms with van der Waals surface area (Å²) in [6.45, 7) is 0.129. The maximum Gasteiger partial charge on any atom is 0.407 e. The molecular weight excluding hydrogens is 486 g/mol. The maximum absolute atomic E-state index is 12.7. The number of alkyl carbamates (subject to hydrolysis) is 1. The first-order valence-corrected chi connectivity index (χ1v) is 13.0. The van der Waals surface area contributed by atoms with Gasteiger partial charge in [-0.05, 0) is 55.8 Å². The van der Waals surface area contributed by atoms with Crippen molar-refractivity contribution in [3.63, 3.8) is 0 Å². The molecule has 2 N–H and O–H groups in total. The highest BCUT2D eigenvalue weighted by Gasteiger charge is 2.29. The normalized spacial score (nSPS) is 12.9. The molecule has 5 aromatic carbocycles. The first-order chi connectivity index (χ1) is 19.1. The van der Waals surface area contributed by atoms with Crippen LogP contribution in [0.25, 0.3) is 33.0 Å². The average molecular weight is 514 g/mol. The molecule has 5 nitrogen and oxygen atoms in total. The molecule has 1 aliphatic carbocycles. The van der Waals surface area contributed by atoms with Crippen molar-refractivity contribution in [1.29, 1.82) is 0 Å². The highest BCUT2D eigenvalue weighted by Crippen LogP contribution is 2.44. The van der Waals surface area contributed by atoms with Gasteiger partial charge in [-0.2, -0.15) is 0 Å². The van der Waals surface area contributed by atoms with Gasteiger partial charge in [0.25, 0.3) is 0 Å².